The Kier molecular flexibility index (Phi) is 4.03. The molecule has 1 heterocycles. The average Bonchev–Trinajstić information content (AvgIpc) is 2.38. The van der Waals surface area contributed by atoms with Gasteiger partial charge in [0.05, 0.1) is 24.0 Å². The molecule has 2 aromatic rings. The van der Waals surface area contributed by atoms with Crippen LogP contribution in [0.5, 0.6) is 0 Å². The van der Waals surface area contributed by atoms with Crippen LogP contribution in [0, 0.1) is 0 Å². The van der Waals surface area contributed by atoms with Crippen molar-refractivity contribution in [3.05, 3.63) is 40.4 Å². The molecule has 20 heavy (non-hydrogen) atoms. The van der Waals surface area contributed by atoms with E-state index in [1.165, 1.54) is 0 Å². The van der Waals surface area contributed by atoms with Gasteiger partial charge in [0.25, 0.3) is 5.56 Å². The number of nitrogens with one attached hydrogen (secondary N) is 2. The van der Waals surface area contributed by atoms with Crippen LogP contribution in [-0.4, -0.2) is 28.9 Å². The summed E-state index contributed by atoms with van der Waals surface area (Å²) in [5, 5.41) is 2.52. The molecule has 4 nitrogen and oxygen atoms in total. The monoisotopic (exact) mass is 289 g/mol. The van der Waals surface area contributed by atoms with E-state index in [0.29, 0.717) is 10.9 Å². The molecule has 2 N–H and O–H groups in total. The van der Waals surface area contributed by atoms with Gasteiger partial charge in [0.15, 0.2) is 0 Å². The molecule has 0 aliphatic carbocycles. The maximum Gasteiger partial charge on any atom is 0.319 e. The Balaban J connectivity index is 2.10. The van der Waals surface area contributed by atoms with Crippen LogP contribution in [0.3, 0.4) is 0 Å². The topological polar surface area (TPSA) is 57.8 Å². The van der Waals surface area contributed by atoms with E-state index >= 15 is 0 Å². The Labute approximate surface area is 110 Å². The number of alkyl halides is 4. The minimum atomic E-state index is -4.11. The summed E-state index contributed by atoms with van der Waals surface area (Å²) in [5.74, 6) is -4.00. The SMILES string of the molecule is O=c1[nH]c(CNCC(F)(F)C(F)F)nc2ccccc12. The summed E-state index contributed by atoms with van der Waals surface area (Å²) < 4.78 is 49.2. The van der Waals surface area contributed by atoms with Crippen LogP contribution in [0.25, 0.3) is 10.9 Å². The van der Waals surface area contributed by atoms with Crippen LogP contribution in [0.4, 0.5) is 17.6 Å². The highest BCUT2D eigenvalue weighted by Gasteiger charge is 2.40. The van der Waals surface area contributed by atoms with Gasteiger partial charge < -0.3 is 10.3 Å². The number of rotatable bonds is 5. The molecule has 0 spiro atoms. The molecule has 0 aliphatic rings. The molecule has 8 heteroatoms. The molecular formula is C12H11F4N3O. The summed E-state index contributed by atoms with van der Waals surface area (Å²) in [6, 6.07) is 6.52. The number of para-hydroxylation sites is 1. The minimum absolute atomic E-state index is 0.110. The van der Waals surface area contributed by atoms with Crippen molar-refractivity contribution in [2.45, 2.75) is 18.9 Å². The minimum Gasteiger partial charge on any atom is -0.309 e. The molecule has 0 radical (unpaired) electrons. The summed E-state index contributed by atoms with van der Waals surface area (Å²) >= 11 is 0. The Morgan fingerprint density at radius 2 is 2.00 bits per heavy atom. The molecule has 0 aliphatic heterocycles. The van der Waals surface area contributed by atoms with Crippen LogP contribution < -0.4 is 10.9 Å². The molecule has 0 saturated carbocycles. The van der Waals surface area contributed by atoms with Gasteiger partial charge in [-0.2, -0.15) is 8.78 Å². The van der Waals surface area contributed by atoms with E-state index in [9.17, 15) is 22.4 Å². The van der Waals surface area contributed by atoms with Crippen molar-refractivity contribution in [1.82, 2.24) is 15.3 Å². The van der Waals surface area contributed by atoms with Crippen molar-refractivity contribution in [3.63, 3.8) is 0 Å². The lowest BCUT2D eigenvalue weighted by Gasteiger charge is -2.15. The molecule has 0 saturated heterocycles. The van der Waals surface area contributed by atoms with Gasteiger partial charge in [0, 0.05) is 0 Å². The maximum absolute atomic E-state index is 12.7. The third kappa shape index (κ3) is 3.13. The first-order valence-electron chi connectivity index (χ1n) is 5.75. The van der Waals surface area contributed by atoms with Crippen LogP contribution >= 0.6 is 0 Å². The van der Waals surface area contributed by atoms with Crippen LogP contribution in [0.1, 0.15) is 5.82 Å². The number of benzene rings is 1. The Bertz CT molecular complexity index is 656. The molecule has 1 aromatic carbocycles. The van der Waals surface area contributed by atoms with Gasteiger partial charge in [-0.1, -0.05) is 12.1 Å². The van der Waals surface area contributed by atoms with Gasteiger partial charge in [0.1, 0.15) is 5.82 Å². The summed E-state index contributed by atoms with van der Waals surface area (Å²) in [6.07, 6.45) is -3.74. The second-order valence-corrected chi connectivity index (χ2v) is 4.20. The van der Waals surface area contributed by atoms with Crippen molar-refractivity contribution in [3.8, 4) is 0 Å². The normalized spacial score (nSPS) is 12.2. The highest BCUT2D eigenvalue weighted by Crippen LogP contribution is 2.21. The van der Waals surface area contributed by atoms with E-state index in [1.54, 1.807) is 24.3 Å². The lowest BCUT2D eigenvalue weighted by atomic mass is 10.2. The van der Waals surface area contributed by atoms with E-state index in [0.717, 1.165) is 0 Å². The van der Waals surface area contributed by atoms with E-state index in [1.807, 2.05) is 0 Å². The van der Waals surface area contributed by atoms with Gasteiger partial charge in [-0.15, -0.1) is 0 Å². The number of hydrogen-bond acceptors (Lipinski definition) is 3. The van der Waals surface area contributed by atoms with Crippen LogP contribution in [0.15, 0.2) is 29.1 Å². The number of aromatic amines is 1. The number of H-pyrrole nitrogens is 1. The van der Waals surface area contributed by atoms with E-state index in [2.05, 4.69) is 15.3 Å². The molecule has 0 unspecified atom stereocenters. The first-order chi connectivity index (χ1) is 9.40. The van der Waals surface area contributed by atoms with Crippen molar-refractivity contribution in [1.29, 1.82) is 0 Å². The molecule has 0 amide bonds. The first kappa shape index (κ1) is 14.4. The van der Waals surface area contributed by atoms with Crippen molar-refractivity contribution < 1.29 is 17.6 Å². The number of hydrogen-bond donors (Lipinski definition) is 2. The molecule has 0 atom stereocenters. The number of fused-ring (bicyclic) bond motifs is 1. The van der Waals surface area contributed by atoms with E-state index in [-0.39, 0.29) is 12.4 Å². The number of aromatic nitrogens is 2. The standard InChI is InChI=1S/C12H11F4N3O/c13-11(14)12(15,16)6-17-5-9-18-8-4-2-1-3-7(8)10(20)19-9/h1-4,11,17H,5-6H2,(H,18,19,20). The van der Waals surface area contributed by atoms with Gasteiger partial charge in [-0.3, -0.25) is 4.79 Å². The largest absolute Gasteiger partial charge is 0.319 e. The Morgan fingerprint density at radius 3 is 2.70 bits per heavy atom. The summed E-state index contributed by atoms with van der Waals surface area (Å²) in [4.78, 5) is 18.1. The first-order valence-corrected chi connectivity index (χ1v) is 5.75. The fourth-order valence-corrected chi connectivity index (χ4v) is 1.64. The van der Waals surface area contributed by atoms with Crippen molar-refractivity contribution >= 4 is 10.9 Å². The van der Waals surface area contributed by atoms with E-state index < -0.39 is 24.5 Å². The number of nitrogens with zero attached hydrogens (tertiary/aromatic N) is 1. The summed E-state index contributed by atoms with van der Waals surface area (Å²) in [6.45, 7) is -1.43. The summed E-state index contributed by atoms with van der Waals surface area (Å²) in [5.41, 5.74) is 0.00156. The van der Waals surface area contributed by atoms with E-state index in [4.69, 9.17) is 0 Å². The third-order valence-electron chi connectivity index (χ3n) is 2.63. The highest BCUT2D eigenvalue weighted by atomic mass is 19.3. The highest BCUT2D eigenvalue weighted by molar-refractivity contribution is 5.77. The van der Waals surface area contributed by atoms with Crippen LogP contribution in [0.2, 0.25) is 0 Å². The predicted molar refractivity (Wildman–Crippen MR) is 65.0 cm³/mol. The predicted octanol–water partition coefficient (Wildman–Crippen LogP) is 1.91. The van der Waals surface area contributed by atoms with Gasteiger partial charge in [0.2, 0.25) is 0 Å². The third-order valence-corrected chi connectivity index (χ3v) is 2.63. The lowest BCUT2D eigenvalue weighted by Crippen LogP contribution is -2.39. The lowest BCUT2D eigenvalue weighted by molar-refractivity contribution is -0.125. The van der Waals surface area contributed by atoms with Crippen molar-refractivity contribution in [2.75, 3.05) is 6.54 Å². The smallest absolute Gasteiger partial charge is 0.309 e. The molecule has 0 fully saturated rings. The quantitative estimate of drug-likeness (QED) is 0.827. The zero-order valence-electron chi connectivity index (χ0n) is 10.2. The second-order valence-electron chi connectivity index (χ2n) is 4.20. The molecule has 2 rings (SSSR count). The zero-order chi connectivity index (χ0) is 14.8. The fraction of sp³-hybridized carbons (Fsp3) is 0.333. The fourth-order valence-electron chi connectivity index (χ4n) is 1.64. The summed E-state index contributed by atoms with van der Waals surface area (Å²) in [7, 11) is 0. The molecule has 0 bridgehead atoms. The average molecular weight is 289 g/mol. The second kappa shape index (κ2) is 5.58. The van der Waals surface area contributed by atoms with Gasteiger partial charge in [-0.25, -0.2) is 13.8 Å². The molecular weight excluding hydrogens is 278 g/mol. The Morgan fingerprint density at radius 1 is 1.30 bits per heavy atom. The zero-order valence-corrected chi connectivity index (χ0v) is 10.2. The molecule has 1 aromatic heterocycles. The maximum atomic E-state index is 12.7. The van der Waals surface area contributed by atoms with Crippen LogP contribution in [-0.2, 0) is 6.54 Å². The Hall–Kier alpha value is -1.96. The molecule has 108 valence electrons. The number of halogens is 4. The van der Waals surface area contributed by atoms with Crippen molar-refractivity contribution in [2.24, 2.45) is 0 Å². The van der Waals surface area contributed by atoms with Gasteiger partial charge >= 0.3 is 12.3 Å². The van der Waals surface area contributed by atoms with Gasteiger partial charge in [-0.05, 0) is 12.1 Å².